The number of fused-ring (bicyclic) bond motifs is 13. The van der Waals surface area contributed by atoms with E-state index in [2.05, 4.69) is 132 Å². The molecule has 7 aromatic rings. The third-order valence-electron chi connectivity index (χ3n) is 9.15. The summed E-state index contributed by atoms with van der Waals surface area (Å²) in [6, 6.07) is 46.4. The van der Waals surface area contributed by atoms with E-state index >= 15 is 0 Å². The summed E-state index contributed by atoms with van der Waals surface area (Å²) in [7, 11) is 0. The van der Waals surface area contributed by atoms with Gasteiger partial charge in [0, 0.05) is 25.7 Å². The zero-order valence-corrected chi connectivity index (χ0v) is 23.5. The molecule has 42 heavy (non-hydrogen) atoms. The topological polar surface area (TPSA) is 4.36 Å². The zero-order chi connectivity index (χ0) is 27.8. The zero-order valence-electron chi connectivity index (χ0n) is 22.6. The first-order valence-electron chi connectivity index (χ1n) is 14.2. The lowest BCUT2D eigenvalue weighted by atomic mass is 9.65. The highest BCUT2D eigenvalue weighted by molar-refractivity contribution is 7.26. The highest BCUT2D eigenvalue weighted by Crippen LogP contribution is 2.61. The van der Waals surface area contributed by atoms with Gasteiger partial charge in [-0.2, -0.15) is 0 Å². The van der Waals surface area contributed by atoms with Crippen molar-refractivity contribution in [2.45, 2.75) is 5.41 Å². The SMILES string of the molecule is [C-]#[N+]c1ccc(-c2ccc3c(c2)C2(c4ccccc4C=C3)c3ccccc3-c3c2ccc2c3sc3ccccc32)cc1. The molecule has 0 fully saturated rings. The number of thiophene rings is 1. The second-order valence-electron chi connectivity index (χ2n) is 11.1. The molecule has 0 amide bonds. The normalized spacial score (nSPS) is 16.1. The predicted octanol–water partition coefficient (Wildman–Crippen LogP) is 11.1. The highest BCUT2D eigenvalue weighted by Gasteiger charge is 2.49. The Morgan fingerprint density at radius 1 is 0.548 bits per heavy atom. The van der Waals surface area contributed by atoms with E-state index in [1.54, 1.807) is 0 Å². The average Bonchev–Trinajstić information content (AvgIpc) is 3.53. The molecule has 1 unspecified atom stereocenters. The van der Waals surface area contributed by atoms with Crippen molar-refractivity contribution in [3.63, 3.8) is 0 Å². The van der Waals surface area contributed by atoms with E-state index in [0.29, 0.717) is 5.69 Å². The van der Waals surface area contributed by atoms with Crippen LogP contribution in [-0.2, 0) is 5.41 Å². The Balaban J connectivity index is 1.44. The fraction of sp³-hybridized carbons (Fsp3) is 0.0250. The van der Waals surface area contributed by atoms with Gasteiger partial charge in [-0.25, -0.2) is 4.85 Å². The fourth-order valence-electron chi connectivity index (χ4n) is 7.37. The summed E-state index contributed by atoms with van der Waals surface area (Å²) in [5.41, 5.74) is 12.9. The Hall–Kier alpha value is -5.23. The first-order chi connectivity index (χ1) is 20.8. The van der Waals surface area contributed by atoms with Gasteiger partial charge in [0.25, 0.3) is 0 Å². The third kappa shape index (κ3) is 3.01. The molecule has 0 aliphatic heterocycles. The minimum Gasteiger partial charge on any atom is -0.238 e. The number of nitrogens with zero attached hydrogens (tertiary/aromatic N) is 1. The van der Waals surface area contributed by atoms with E-state index in [1.807, 2.05) is 23.5 Å². The number of benzene rings is 6. The summed E-state index contributed by atoms with van der Waals surface area (Å²) in [5, 5.41) is 2.65. The van der Waals surface area contributed by atoms with Gasteiger partial charge in [0.05, 0.1) is 12.0 Å². The molecule has 1 nitrogen and oxygen atoms in total. The summed E-state index contributed by atoms with van der Waals surface area (Å²) in [6.45, 7) is 7.40. The molecule has 1 heterocycles. The molecule has 6 aromatic carbocycles. The lowest BCUT2D eigenvalue weighted by Gasteiger charge is -2.35. The van der Waals surface area contributed by atoms with Crippen LogP contribution in [-0.4, -0.2) is 0 Å². The molecule has 2 aliphatic carbocycles. The van der Waals surface area contributed by atoms with Crippen LogP contribution in [0.3, 0.4) is 0 Å². The Bertz CT molecular complexity index is 2310. The van der Waals surface area contributed by atoms with Crippen molar-refractivity contribution in [2.24, 2.45) is 0 Å². The van der Waals surface area contributed by atoms with Gasteiger partial charge in [-0.15, -0.1) is 11.3 Å². The van der Waals surface area contributed by atoms with E-state index < -0.39 is 5.41 Å². The van der Waals surface area contributed by atoms with E-state index in [1.165, 1.54) is 64.7 Å². The van der Waals surface area contributed by atoms with Gasteiger partial charge in [-0.1, -0.05) is 127 Å². The third-order valence-corrected chi connectivity index (χ3v) is 10.3. The van der Waals surface area contributed by atoms with E-state index in [4.69, 9.17) is 6.57 Å². The summed E-state index contributed by atoms with van der Waals surface area (Å²) in [6.07, 6.45) is 4.57. The number of hydrogen-bond acceptors (Lipinski definition) is 1. The molecular formula is C40H23NS. The summed E-state index contributed by atoms with van der Waals surface area (Å²) >= 11 is 1.91. The van der Waals surface area contributed by atoms with Crippen LogP contribution in [0.5, 0.6) is 0 Å². The molecule has 2 heteroatoms. The van der Waals surface area contributed by atoms with Gasteiger partial charge >= 0.3 is 0 Å². The van der Waals surface area contributed by atoms with Crippen LogP contribution >= 0.6 is 11.3 Å². The van der Waals surface area contributed by atoms with Crippen LogP contribution in [0.15, 0.2) is 127 Å². The highest BCUT2D eigenvalue weighted by atomic mass is 32.1. The molecule has 0 saturated heterocycles. The molecular weight excluding hydrogens is 527 g/mol. The Labute approximate surface area is 248 Å². The van der Waals surface area contributed by atoms with E-state index in [9.17, 15) is 0 Å². The molecule has 1 aromatic heterocycles. The van der Waals surface area contributed by atoms with Crippen molar-refractivity contribution in [3.8, 4) is 22.3 Å². The molecule has 0 radical (unpaired) electrons. The molecule has 1 spiro atoms. The Kier molecular flexibility index (Phi) is 4.83. The quantitative estimate of drug-likeness (QED) is 0.179. The molecule has 0 N–H and O–H groups in total. The molecule has 1 atom stereocenters. The maximum absolute atomic E-state index is 7.40. The van der Waals surface area contributed by atoms with Gasteiger partial charge in [0.1, 0.15) is 0 Å². The van der Waals surface area contributed by atoms with E-state index in [-0.39, 0.29) is 0 Å². The molecule has 9 rings (SSSR count). The van der Waals surface area contributed by atoms with Crippen molar-refractivity contribution >= 4 is 49.3 Å². The van der Waals surface area contributed by atoms with Crippen LogP contribution in [0, 0.1) is 6.57 Å². The van der Waals surface area contributed by atoms with Crippen LogP contribution in [0.4, 0.5) is 5.69 Å². The standard InChI is InChI=1S/C40H23NS/c1-41-29-20-18-25(19-21-29)28-17-16-27-15-14-26-8-2-5-11-33(26)40(36(27)24-28)34-12-6-3-10-32(34)38-35(40)23-22-31-30-9-4-7-13-37(30)42-39(31)38/h2-24H. The van der Waals surface area contributed by atoms with Gasteiger partial charge in [-0.05, 0) is 62.2 Å². The van der Waals surface area contributed by atoms with Crippen molar-refractivity contribution < 1.29 is 0 Å². The maximum Gasteiger partial charge on any atom is 0.187 e. The van der Waals surface area contributed by atoms with Crippen molar-refractivity contribution in [2.75, 3.05) is 0 Å². The fourth-order valence-corrected chi connectivity index (χ4v) is 8.63. The van der Waals surface area contributed by atoms with Gasteiger partial charge in [0.15, 0.2) is 5.69 Å². The number of rotatable bonds is 1. The summed E-state index contributed by atoms with van der Waals surface area (Å²) in [5.74, 6) is 0. The van der Waals surface area contributed by atoms with Gasteiger partial charge in [-0.3, -0.25) is 0 Å². The molecule has 0 saturated carbocycles. The first kappa shape index (κ1) is 23.5. The van der Waals surface area contributed by atoms with Crippen LogP contribution in [0.2, 0.25) is 0 Å². The second-order valence-corrected chi connectivity index (χ2v) is 12.2. The maximum atomic E-state index is 7.40. The monoisotopic (exact) mass is 549 g/mol. The minimum absolute atomic E-state index is 0.474. The largest absolute Gasteiger partial charge is 0.238 e. The Morgan fingerprint density at radius 3 is 2.12 bits per heavy atom. The smallest absolute Gasteiger partial charge is 0.187 e. The second kappa shape index (κ2) is 8.63. The summed E-state index contributed by atoms with van der Waals surface area (Å²) in [4.78, 5) is 3.60. The van der Waals surface area contributed by atoms with Crippen molar-refractivity contribution in [3.05, 3.63) is 172 Å². The molecule has 194 valence electrons. The lowest BCUT2D eigenvalue weighted by molar-refractivity contribution is 0.767. The van der Waals surface area contributed by atoms with Gasteiger partial charge < -0.3 is 0 Å². The summed E-state index contributed by atoms with van der Waals surface area (Å²) < 4.78 is 2.69. The molecule has 0 bridgehead atoms. The van der Waals surface area contributed by atoms with E-state index in [0.717, 1.165) is 11.1 Å². The average molecular weight is 550 g/mol. The number of hydrogen-bond donors (Lipinski definition) is 0. The Morgan fingerprint density at radius 2 is 1.26 bits per heavy atom. The predicted molar refractivity (Wildman–Crippen MR) is 177 cm³/mol. The first-order valence-corrected chi connectivity index (χ1v) is 15.0. The minimum atomic E-state index is -0.474. The van der Waals surface area contributed by atoms with Crippen LogP contribution in [0.1, 0.15) is 33.4 Å². The van der Waals surface area contributed by atoms with Crippen LogP contribution in [0.25, 0.3) is 59.4 Å². The van der Waals surface area contributed by atoms with Gasteiger partial charge in [0.2, 0.25) is 0 Å². The molecule has 2 aliphatic rings. The lowest BCUT2D eigenvalue weighted by Crippen LogP contribution is -2.30. The van der Waals surface area contributed by atoms with Crippen molar-refractivity contribution in [1.29, 1.82) is 0 Å². The van der Waals surface area contributed by atoms with Crippen molar-refractivity contribution in [1.82, 2.24) is 0 Å². The van der Waals surface area contributed by atoms with Crippen LogP contribution < -0.4 is 0 Å².